The van der Waals surface area contributed by atoms with E-state index in [0.717, 1.165) is 13.0 Å². The van der Waals surface area contributed by atoms with Crippen LogP contribution in [0.4, 0.5) is 0 Å². The standard InChI is InChI=1S/C9H17NO2S/c1-3-5-6-7-10-8-9-13(11,12)4-2/h10H,4,6-9H2,1-2H3. The molecule has 0 aromatic heterocycles. The average Bonchev–Trinajstić information content (AvgIpc) is 2.11. The molecule has 1 N–H and O–H groups in total. The first-order valence-electron chi connectivity index (χ1n) is 4.43. The Labute approximate surface area is 80.8 Å². The second kappa shape index (κ2) is 6.93. The van der Waals surface area contributed by atoms with Crippen molar-refractivity contribution in [3.05, 3.63) is 0 Å². The van der Waals surface area contributed by atoms with E-state index in [-0.39, 0.29) is 11.5 Å². The molecule has 0 heterocycles. The number of sulfone groups is 1. The smallest absolute Gasteiger partial charge is 0.151 e. The van der Waals surface area contributed by atoms with E-state index in [9.17, 15) is 8.42 Å². The van der Waals surface area contributed by atoms with Crippen molar-refractivity contribution in [3.63, 3.8) is 0 Å². The topological polar surface area (TPSA) is 46.2 Å². The number of hydrogen-bond acceptors (Lipinski definition) is 3. The Morgan fingerprint density at radius 2 is 2.00 bits per heavy atom. The van der Waals surface area contributed by atoms with Crippen molar-refractivity contribution in [1.29, 1.82) is 0 Å². The van der Waals surface area contributed by atoms with E-state index in [1.165, 1.54) is 0 Å². The number of rotatable bonds is 6. The Morgan fingerprint density at radius 3 is 2.54 bits per heavy atom. The van der Waals surface area contributed by atoms with Crippen LogP contribution in [0.25, 0.3) is 0 Å². The first kappa shape index (κ1) is 12.5. The fourth-order valence-corrected chi connectivity index (χ4v) is 1.52. The minimum absolute atomic E-state index is 0.225. The van der Waals surface area contributed by atoms with E-state index >= 15 is 0 Å². The summed E-state index contributed by atoms with van der Waals surface area (Å²) >= 11 is 0. The highest BCUT2D eigenvalue weighted by Crippen LogP contribution is 1.86. The summed E-state index contributed by atoms with van der Waals surface area (Å²) in [6, 6.07) is 0. The first-order valence-corrected chi connectivity index (χ1v) is 6.25. The minimum atomic E-state index is -2.81. The molecule has 0 aliphatic heterocycles. The lowest BCUT2D eigenvalue weighted by Gasteiger charge is -2.01. The molecule has 0 aromatic carbocycles. The average molecular weight is 203 g/mol. The van der Waals surface area contributed by atoms with Crippen LogP contribution in [0.2, 0.25) is 0 Å². The second-order valence-corrected chi connectivity index (χ2v) is 5.14. The fraction of sp³-hybridized carbons (Fsp3) is 0.778. The highest BCUT2D eigenvalue weighted by atomic mass is 32.2. The molecule has 0 saturated heterocycles. The third kappa shape index (κ3) is 7.82. The first-order chi connectivity index (χ1) is 6.12. The molecular formula is C9H17NO2S. The summed E-state index contributed by atoms with van der Waals surface area (Å²) in [6.07, 6.45) is 0.780. The van der Waals surface area contributed by atoms with Gasteiger partial charge in [0.05, 0.1) is 5.75 Å². The Balaban J connectivity index is 3.40. The van der Waals surface area contributed by atoms with Gasteiger partial charge in [0.25, 0.3) is 0 Å². The van der Waals surface area contributed by atoms with Gasteiger partial charge in [0, 0.05) is 25.3 Å². The molecule has 0 unspecified atom stereocenters. The van der Waals surface area contributed by atoms with Gasteiger partial charge in [0.2, 0.25) is 0 Å². The van der Waals surface area contributed by atoms with E-state index in [0.29, 0.717) is 6.54 Å². The van der Waals surface area contributed by atoms with Crippen LogP contribution in [-0.4, -0.2) is 33.0 Å². The van der Waals surface area contributed by atoms with Crippen molar-refractivity contribution in [2.24, 2.45) is 0 Å². The lowest BCUT2D eigenvalue weighted by molar-refractivity contribution is 0.592. The predicted molar refractivity (Wildman–Crippen MR) is 55.3 cm³/mol. The summed E-state index contributed by atoms with van der Waals surface area (Å²) in [7, 11) is -2.81. The Morgan fingerprint density at radius 1 is 1.31 bits per heavy atom. The van der Waals surface area contributed by atoms with Crippen molar-refractivity contribution in [3.8, 4) is 11.8 Å². The van der Waals surface area contributed by atoms with Gasteiger partial charge in [0.1, 0.15) is 0 Å². The molecular weight excluding hydrogens is 186 g/mol. The van der Waals surface area contributed by atoms with E-state index in [1.807, 2.05) is 0 Å². The monoisotopic (exact) mass is 203 g/mol. The lowest BCUT2D eigenvalue weighted by Crippen LogP contribution is -2.24. The third-order valence-corrected chi connectivity index (χ3v) is 3.34. The van der Waals surface area contributed by atoms with Crippen LogP contribution in [0, 0.1) is 11.8 Å². The maximum Gasteiger partial charge on any atom is 0.151 e. The normalized spacial score (nSPS) is 10.6. The minimum Gasteiger partial charge on any atom is -0.315 e. The van der Waals surface area contributed by atoms with Gasteiger partial charge >= 0.3 is 0 Å². The van der Waals surface area contributed by atoms with E-state index in [4.69, 9.17) is 0 Å². The van der Waals surface area contributed by atoms with Gasteiger partial charge in [-0.15, -0.1) is 11.8 Å². The second-order valence-electron chi connectivity index (χ2n) is 2.66. The van der Waals surface area contributed by atoms with E-state index in [2.05, 4.69) is 17.2 Å². The van der Waals surface area contributed by atoms with Crippen molar-refractivity contribution < 1.29 is 8.42 Å². The molecule has 0 rings (SSSR count). The molecule has 0 saturated carbocycles. The summed E-state index contributed by atoms with van der Waals surface area (Å²) in [5.74, 6) is 6.13. The Bertz CT molecular complexity index is 272. The molecule has 13 heavy (non-hydrogen) atoms. The molecule has 0 spiro atoms. The summed E-state index contributed by atoms with van der Waals surface area (Å²) in [5.41, 5.74) is 0. The van der Waals surface area contributed by atoms with Crippen LogP contribution in [0.1, 0.15) is 20.3 Å². The zero-order chi connectivity index (χ0) is 10.2. The fourth-order valence-electron chi connectivity index (χ4n) is 0.773. The van der Waals surface area contributed by atoms with Crippen LogP contribution >= 0.6 is 0 Å². The van der Waals surface area contributed by atoms with Gasteiger partial charge in [0.15, 0.2) is 9.84 Å². The number of hydrogen-bond donors (Lipinski definition) is 1. The van der Waals surface area contributed by atoms with Crippen LogP contribution < -0.4 is 5.32 Å². The highest BCUT2D eigenvalue weighted by molar-refractivity contribution is 7.91. The zero-order valence-electron chi connectivity index (χ0n) is 8.26. The number of nitrogens with one attached hydrogen (secondary N) is 1. The van der Waals surface area contributed by atoms with Crippen LogP contribution in [0.3, 0.4) is 0 Å². The maximum atomic E-state index is 11.0. The van der Waals surface area contributed by atoms with Gasteiger partial charge in [-0.25, -0.2) is 8.42 Å². The van der Waals surface area contributed by atoms with E-state index < -0.39 is 9.84 Å². The zero-order valence-corrected chi connectivity index (χ0v) is 9.08. The van der Waals surface area contributed by atoms with Crippen LogP contribution in [0.15, 0.2) is 0 Å². The SMILES string of the molecule is CC#CCCNCCS(=O)(=O)CC. The summed E-state index contributed by atoms with van der Waals surface area (Å²) in [5, 5.41) is 3.03. The molecule has 0 amide bonds. The highest BCUT2D eigenvalue weighted by Gasteiger charge is 2.04. The van der Waals surface area contributed by atoms with Gasteiger partial charge in [-0.1, -0.05) is 6.92 Å². The Hall–Kier alpha value is -0.530. The molecule has 0 atom stereocenters. The van der Waals surface area contributed by atoms with Crippen molar-refractivity contribution >= 4 is 9.84 Å². The van der Waals surface area contributed by atoms with Crippen LogP contribution in [-0.2, 0) is 9.84 Å². The summed E-state index contributed by atoms with van der Waals surface area (Å²) in [4.78, 5) is 0. The summed E-state index contributed by atoms with van der Waals surface area (Å²) < 4.78 is 22.0. The molecule has 0 aromatic rings. The molecule has 0 aliphatic rings. The molecule has 0 fully saturated rings. The van der Waals surface area contributed by atoms with Crippen molar-refractivity contribution in [1.82, 2.24) is 5.32 Å². The van der Waals surface area contributed by atoms with E-state index in [1.54, 1.807) is 13.8 Å². The quantitative estimate of drug-likeness (QED) is 0.503. The maximum absolute atomic E-state index is 11.0. The van der Waals surface area contributed by atoms with Gasteiger partial charge in [-0.2, -0.15) is 0 Å². The molecule has 0 bridgehead atoms. The molecule has 3 nitrogen and oxygen atoms in total. The predicted octanol–water partition coefficient (Wildman–Crippen LogP) is 0.424. The van der Waals surface area contributed by atoms with Gasteiger partial charge in [-0.3, -0.25) is 0 Å². The Kier molecular flexibility index (Phi) is 6.65. The van der Waals surface area contributed by atoms with Crippen LogP contribution in [0.5, 0.6) is 0 Å². The largest absolute Gasteiger partial charge is 0.315 e. The lowest BCUT2D eigenvalue weighted by atomic mass is 10.4. The molecule has 4 heteroatoms. The molecule has 0 aliphatic carbocycles. The van der Waals surface area contributed by atoms with Gasteiger partial charge < -0.3 is 5.32 Å². The van der Waals surface area contributed by atoms with Gasteiger partial charge in [-0.05, 0) is 6.92 Å². The molecule has 0 radical (unpaired) electrons. The third-order valence-electron chi connectivity index (χ3n) is 1.63. The molecule has 76 valence electrons. The van der Waals surface area contributed by atoms with Crippen molar-refractivity contribution in [2.45, 2.75) is 20.3 Å². The van der Waals surface area contributed by atoms with Crippen molar-refractivity contribution in [2.75, 3.05) is 24.6 Å². The summed E-state index contributed by atoms with van der Waals surface area (Å²) in [6.45, 7) is 4.75.